The van der Waals surface area contributed by atoms with Crippen LogP contribution < -0.4 is 10.2 Å². The Bertz CT molecular complexity index is 1020. The van der Waals surface area contributed by atoms with Gasteiger partial charge in [0.2, 0.25) is 0 Å². The van der Waals surface area contributed by atoms with E-state index < -0.39 is 0 Å². The number of nitrogens with zero attached hydrogens (tertiary/aromatic N) is 3. The van der Waals surface area contributed by atoms with Crippen LogP contribution in [-0.2, 0) is 22.7 Å². The molecule has 0 radical (unpaired) electrons. The van der Waals surface area contributed by atoms with E-state index in [1.54, 1.807) is 11.3 Å². The Labute approximate surface area is 185 Å². The number of hydrogen-bond donors (Lipinski definition) is 1. The Morgan fingerprint density at radius 2 is 1.87 bits per heavy atom. The van der Waals surface area contributed by atoms with Gasteiger partial charge in [-0.1, -0.05) is 30.3 Å². The van der Waals surface area contributed by atoms with Crippen molar-refractivity contribution < 1.29 is 14.4 Å². The molecule has 3 heterocycles. The van der Waals surface area contributed by atoms with E-state index >= 15 is 0 Å². The molecule has 1 aliphatic rings. The summed E-state index contributed by atoms with van der Waals surface area (Å²) in [6.07, 6.45) is 6.09. The van der Waals surface area contributed by atoms with Gasteiger partial charge in [0.1, 0.15) is 5.69 Å². The number of nitrogens with one attached hydrogen (secondary N) is 1. The summed E-state index contributed by atoms with van der Waals surface area (Å²) in [4.78, 5) is 36.2. The first-order valence-corrected chi connectivity index (χ1v) is 11.2. The summed E-state index contributed by atoms with van der Waals surface area (Å²) in [7, 11) is 0. The van der Waals surface area contributed by atoms with Crippen LogP contribution in [0, 0.1) is 6.92 Å². The summed E-state index contributed by atoms with van der Waals surface area (Å²) in [6, 6.07) is 11.9. The number of carbonyl (C=O) groups excluding carboxylic acids is 3. The van der Waals surface area contributed by atoms with Crippen molar-refractivity contribution in [2.24, 2.45) is 0 Å². The van der Waals surface area contributed by atoms with Crippen molar-refractivity contribution >= 4 is 28.5 Å². The number of aromatic nitrogens is 2. The molecular weight excluding hydrogens is 412 g/mol. The predicted octanol–water partition coefficient (Wildman–Crippen LogP) is 3.64. The van der Waals surface area contributed by atoms with Crippen molar-refractivity contribution in [1.82, 2.24) is 14.9 Å². The molecular formula is C23H26N4O3S. The molecule has 7 nitrogen and oxygen atoms in total. The van der Waals surface area contributed by atoms with E-state index in [-0.39, 0.29) is 12.1 Å². The van der Waals surface area contributed by atoms with Crippen LogP contribution in [0.15, 0.2) is 48.0 Å². The molecule has 162 valence electrons. The molecule has 1 N–H and O–H groups in total. The average Bonchev–Trinajstić information content (AvgIpc) is 3.41. The van der Waals surface area contributed by atoms with Gasteiger partial charge in [-0.2, -0.15) is 9.59 Å². The lowest BCUT2D eigenvalue weighted by molar-refractivity contribution is -0.191. The van der Waals surface area contributed by atoms with Gasteiger partial charge < -0.3 is 14.8 Å². The highest BCUT2D eigenvalue weighted by atomic mass is 32.1. The van der Waals surface area contributed by atoms with Gasteiger partial charge in [0.05, 0.1) is 12.2 Å². The third kappa shape index (κ3) is 6.38. The van der Waals surface area contributed by atoms with Gasteiger partial charge in [0.25, 0.3) is 5.91 Å². The minimum absolute atomic E-state index is 0.0524. The minimum atomic E-state index is -0.0524. The molecule has 0 aliphatic carbocycles. The zero-order valence-electron chi connectivity index (χ0n) is 17.5. The molecule has 4 rings (SSSR count). The van der Waals surface area contributed by atoms with E-state index in [9.17, 15) is 4.79 Å². The second-order valence-electron chi connectivity index (χ2n) is 7.45. The number of aryl methyl sites for hydroxylation is 1. The SMILES string of the molecule is Cc1cc(C(=O)NCc2ccccc2)n(Cc2csc(N3CCCCC3)n2)c1.O=C=O. The molecule has 1 fully saturated rings. The first kappa shape index (κ1) is 22.5. The largest absolute Gasteiger partial charge is 0.373 e. The van der Waals surface area contributed by atoms with E-state index in [0.717, 1.165) is 35.0 Å². The van der Waals surface area contributed by atoms with Crippen molar-refractivity contribution in [3.8, 4) is 0 Å². The van der Waals surface area contributed by atoms with Crippen LogP contribution in [0.5, 0.6) is 0 Å². The second kappa shape index (κ2) is 11.2. The topological polar surface area (TPSA) is 84.3 Å². The van der Waals surface area contributed by atoms with Gasteiger partial charge in [-0.25, -0.2) is 4.98 Å². The van der Waals surface area contributed by atoms with Gasteiger partial charge in [0.15, 0.2) is 5.13 Å². The molecule has 0 bridgehead atoms. The average molecular weight is 439 g/mol. The summed E-state index contributed by atoms with van der Waals surface area (Å²) < 4.78 is 2.00. The highest BCUT2D eigenvalue weighted by Gasteiger charge is 2.17. The van der Waals surface area contributed by atoms with Gasteiger partial charge >= 0.3 is 6.15 Å². The van der Waals surface area contributed by atoms with Gasteiger partial charge in [-0.15, -0.1) is 11.3 Å². The highest BCUT2D eigenvalue weighted by molar-refractivity contribution is 7.13. The van der Waals surface area contributed by atoms with Crippen LogP contribution in [0.3, 0.4) is 0 Å². The first-order chi connectivity index (χ1) is 15.1. The van der Waals surface area contributed by atoms with Crippen LogP contribution in [0.25, 0.3) is 0 Å². The Hall–Kier alpha value is -3.22. The lowest BCUT2D eigenvalue weighted by Crippen LogP contribution is -2.29. The van der Waals surface area contributed by atoms with Crippen molar-refractivity contribution in [1.29, 1.82) is 0 Å². The third-order valence-electron chi connectivity index (χ3n) is 5.06. The van der Waals surface area contributed by atoms with E-state index in [0.29, 0.717) is 18.8 Å². The third-order valence-corrected chi connectivity index (χ3v) is 6.01. The summed E-state index contributed by atoms with van der Waals surface area (Å²) in [6.45, 7) is 5.36. The minimum Gasteiger partial charge on any atom is -0.348 e. The van der Waals surface area contributed by atoms with Gasteiger partial charge in [-0.05, 0) is 43.4 Å². The molecule has 1 aliphatic heterocycles. The van der Waals surface area contributed by atoms with E-state index in [1.807, 2.05) is 54.1 Å². The molecule has 31 heavy (non-hydrogen) atoms. The molecule has 1 amide bonds. The van der Waals surface area contributed by atoms with Crippen molar-refractivity contribution in [2.75, 3.05) is 18.0 Å². The fourth-order valence-corrected chi connectivity index (χ4v) is 4.49. The van der Waals surface area contributed by atoms with Gasteiger partial charge in [-0.3, -0.25) is 4.79 Å². The molecule has 1 aromatic carbocycles. The Morgan fingerprint density at radius 1 is 1.16 bits per heavy atom. The van der Waals surface area contributed by atoms with Crippen molar-refractivity contribution in [2.45, 2.75) is 39.3 Å². The monoisotopic (exact) mass is 438 g/mol. The number of carbonyl (C=O) groups is 1. The Balaban J connectivity index is 0.000000858. The van der Waals surface area contributed by atoms with Gasteiger partial charge in [0, 0.05) is 31.2 Å². The number of hydrogen-bond acceptors (Lipinski definition) is 6. The zero-order valence-corrected chi connectivity index (χ0v) is 18.4. The first-order valence-electron chi connectivity index (χ1n) is 10.3. The van der Waals surface area contributed by atoms with E-state index in [2.05, 4.69) is 15.6 Å². The number of piperidine rings is 1. The molecule has 0 unspecified atom stereocenters. The summed E-state index contributed by atoms with van der Waals surface area (Å²) in [5.74, 6) is -0.0524. The molecule has 8 heteroatoms. The van der Waals surface area contributed by atoms with Crippen LogP contribution >= 0.6 is 11.3 Å². The fourth-order valence-electron chi connectivity index (χ4n) is 3.62. The standard InChI is InChI=1S/C22H26N4OS.CO2/c1-17-12-20(21(27)23-13-18-8-4-2-5-9-18)26(14-17)15-19-16-28-22(24-19)25-10-6-3-7-11-25;2-1-3/h2,4-5,8-9,12,14,16H,3,6-7,10-11,13,15H2,1H3,(H,23,27);. The van der Waals surface area contributed by atoms with Crippen LogP contribution in [0.2, 0.25) is 0 Å². The number of anilines is 1. The predicted molar refractivity (Wildman–Crippen MR) is 119 cm³/mol. The summed E-state index contributed by atoms with van der Waals surface area (Å²) >= 11 is 1.70. The maximum Gasteiger partial charge on any atom is 0.373 e. The lowest BCUT2D eigenvalue weighted by Gasteiger charge is -2.25. The zero-order chi connectivity index (χ0) is 22.1. The Morgan fingerprint density at radius 3 is 2.58 bits per heavy atom. The second-order valence-corrected chi connectivity index (χ2v) is 8.29. The number of benzene rings is 1. The maximum absolute atomic E-state index is 12.7. The summed E-state index contributed by atoms with van der Waals surface area (Å²) in [5, 5.41) is 6.25. The fraction of sp³-hybridized carbons (Fsp3) is 0.348. The molecule has 1 saturated heterocycles. The normalized spacial score (nSPS) is 13.1. The number of rotatable bonds is 6. The quantitative estimate of drug-likeness (QED) is 0.635. The molecule has 0 spiro atoms. The van der Waals surface area contributed by atoms with Crippen LogP contribution in [0.4, 0.5) is 5.13 Å². The van der Waals surface area contributed by atoms with Crippen molar-refractivity contribution in [3.05, 3.63) is 70.5 Å². The number of thiazole rings is 1. The lowest BCUT2D eigenvalue weighted by atomic mass is 10.1. The van der Waals surface area contributed by atoms with Crippen LogP contribution in [-0.4, -0.2) is 34.7 Å². The highest BCUT2D eigenvalue weighted by Crippen LogP contribution is 2.25. The van der Waals surface area contributed by atoms with E-state index in [4.69, 9.17) is 14.6 Å². The van der Waals surface area contributed by atoms with Crippen LogP contribution in [0.1, 0.15) is 46.6 Å². The maximum atomic E-state index is 12.7. The molecule has 2 aromatic heterocycles. The number of amides is 1. The molecule has 3 aromatic rings. The van der Waals surface area contributed by atoms with E-state index in [1.165, 1.54) is 19.3 Å². The summed E-state index contributed by atoms with van der Waals surface area (Å²) in [5.41, 5.74) is 3.87. The smallest absolute Gasteiger partial charge is 0.348 e. The molecule has 0 saturated carbocycles. The Kier molecular flexibility index (Phi) is 8.15. The molecule has 0 atom stereocenters. The van der Waals surface area contributed by atoms with Crippen molar-refractivity contribution in [3.63, 3.8) is 0 Å².